The lowest BCUT2D eigenvalue weighted by molar-refractivity contribution is -0.118. The zero-order valence-corrected chi connectivity index (χ0v) is 17.0. The number of primary amides is 1. The maximum absolute atomic E-state index is 13.9. The first-order valence-corrected chi connectivity index (χ1v) is 10.2. The van der Waals surface area contributed by atoms with Gasteiger partial charge in [-0.3, -0.25) is 9.59 Å². The van der Waals surface area contributed by atoms with E-state index >= 15 is 0 Å². The van der Waals surface area contributed by atoms with E-state index in [0.717, 1.165) is 18.7 Å². The fourth-order valence-corrected chi connectivity index (χ4v) is 3.72. The van der Waals surface area contributed by atoms with Gasteiger partial charge >= 0.3 is 0 Å². The molecule has 0 radical (unpaired) electrons. The number of carbonyl (C=O) groups is 2. The molecule has 2 aromatic rings. The molecule has 1 aliphatic rings. The van der Waals surface area contributed by atoms with Crippen LogP contribution in [0.4, 0.5) is 10.1 Å². The summed E-state index contributed by atoms with van der Waals surface area (Å²) >= 11 is 4.40. The second-order valence-corrected chi connectivity index (χ2v) is 8.58. The van der Waals surface area contributed by atoms with Gasteiger partial charge in [-0.2, -0.15) is 0 Å². The lowest BCUT2D eigenvalue weighted by atomic mass is 10.3. The molecule has 0 aliphatic heterocycles. The van der Waals surface area contributed by atoms with Crippen molar-refractivity contribution in [2.45, 2.75) is 49.1 Å². The molecule has 2 amide bonds. The van der Waals surface area contributed by atoms with Gasteiger partial charge in [0.25, 0.3) is 0 Å². The number of hydrogen-bond acceptors (Lipinski definition) is 5. The van der Waals surface area contributed by atoms with Crippen molar-refractivity contribution in [3.63, 3.8) is 0 Å². The van der Waals surface area contributed by atoms with E-state index in [4.69, 9.17) is 5.73 Å². The highest BCUT2D eigenvalue weighted by atomic mass is 79.9. The Morgan fingerprint density at radius 1 is 1.44 bits per heavy atom. The first-order chi connectivity index (χ1) is 12.8. The van der Waals surface area contributed by atoms with Crippen molar-refractivity contribution in [2.75, 3.05) is 5.32 Å². The van der Waals surface area contributed by atoms with Crippen LogP contribution in [0.1, 0.15) is 37.9 Å². The Hall–Kier alpha value is -1.94. The van der Waals surface area contributed by atoms with Crippen molar-refractivity contribution in [3.05, 3.63) is 34.3 Å². The molecule has 1 atom stereocenters. The van der Waals surface area contributed by atoms with Gasteiger partial charge in [-0.15, -0.1) is 10.2 Å². The molecule has 1 aromatic heterocycles. The zero-order chi connectivity index (χ0) is 19.6. The summed E-state index contributed by atoms with van der Waals surface area (Å²) in [6.45, 7) is 2.09. The van der Waals surface area contributed by atoms with Crippen molar-refractivity contribution >= 4 is 45.2 Å². The summed E-state index contributed by atoms with van der Waals surface area (Å²) in [5, 5.41) is 11.0. The van der Waals surface area contributed by atoms with Crippen LogP contribution < -0.4 is 11.1 Å². The number of amides is 2. The molecule has 0 spiro atoms. The molecule has 1 heterocycles. The van der Waals surface area contributed by atoms with E-state index in [-0.39, 0.29) is 18.0 Å². The molecule has 1 saturated carbocycles. The molecule has 3 rings (SSSR count). The summed E-state index contributed by atoms with van der Waals surface area (Å²) in [7, 11) is 0. The number of carbonyl (C=O) groups excluding carboxylic acids is 2. The van der Waals surface area contributed by atoms with Crippen molar-refractivity contribution in [1.29, 1.82) is 0 Å². The maximum Gasteiger partial charge on any atom is 0.237 e. The standard InChI is InChI=1S/C17H19BrFN5O2S/c1-9(16(26)21-13-5-4-11(18)8-12(13)19)27-17-23-22-15(10-2-3-10)24(17)7-6-14(20)25/h4-5,8-10H,2-3,6-7H2,1H3,(H2,20,25)(H,21,26). The van der Waals surface area contributed by atoms with Crippen LogP contribution in [0.5, 0.6) is 0 Å². The van der Waals surface area contributed by atoms with E-state index in [2.05, 4.69) is 31.4 Å². The summed E-state index contributed by atoms with van der Waals surface area (Å²) in [6.07, 6.45) is 2.26. The van der Waals surface area contributed by atoms with Gasteiger partial charge in [-0.1, -0.05) is 27.7 Å². The topological polar surface area (TPSA) is 103 Å². The normalized spacial score (nSPS) is 14.8. The average Bonchev–Trinajstić information content (AvgIpc) is 3.37. The number of benzene rings is 1. The Bertz CT molecular complexity index is 871. The predicted molar refractivity (Wildman–Crippen MR) is 104 cm³/mol. The van der Waals surface area contributed by atoms with Crippen LogP contribution in [0, 0.1) is 5.82 Å². The fraction of sp³-hybridized carbons (Fsp3) is 0.412. The number of aromatic nitrogens is 3. The molecular formula is C17H19BrFN5O2S. The fourth-order valence-electron chi connectivity index (χ4n) is 2.50. The van der Waals surface area contributed by atoms with Crippen LogP contribution in [0.3, 0.4) is 0 Å². The first-order valence-electron chi connectivity index (χ1n) is 8.49. The molecule has 3 N–H and O–H groups in total. The van der Waals surface area contributed by atoms with E-state index in [0.29, 0.717) is 22.1 Å². The Balaban J connectivity index is 1.70. The molecule has 1 aliphatic carbocycles. The molecule has 1 aromatic carbocycles. The Kier molecular flexibility index (Phi) is 6.15. The van der Waals surface area contributed by atoms with Gasteiger partial charge in [-0.25, -0.2) is 4.39 Å². The second-order valence-electron chi connectivity index (χ2n) is 6.36. The minimum Gasteiger partial charge on any atom is -0.370 e. The van der Waals surface area contributed by atoms with Crippen LogP contribution in [0.2, 0.25) is 0 Å². The van der Waals surface area contributed by atoms with Crippen LogP contribution >= 0.6 is 27.7 Å². The van der Waals surface area contributed by atoms with Crippen LogP contribution in [0.15, 0.2) is 27.8 Å². The van der Waals surface area contributed by atoms with Gasteiger partial charge in [-0.05, 0) is 38.0 Å². The number of rotatable bonds is 8. The number of halogens is 2. The van der Waals surface area contributed by atoms with Crippen LogP contribution in [0.25, 0.3) is 0 Å². The molecule has 1 unspecified atom stereocenters. The molecule has 10 heteroatoms. The van der Waals surface area contributed by atoms with Gasteiger partial charge in [0, 0.05) is 23.4 Å². The predicted octanol–water partition coefficient (Wildman–Crippen LogP) is 3.05. The summed E-state index contributed by atoms with van der Waals surface area (Å²) in [5.74, 6) is -0.0989. The number of thioether (sulfide) groups is 1. The first kappa shape index (κ1) is 19.8. The lowest BCUT2D eigenvalue weighted by Gasteiger charge is -2.14. The maximum atomic E-state index is 13.9. The zero-order valence-electron chi connectivity index (χ0n) is 14.6. The molecule has 27 heavy (non-hydrogen) atoms. The summed E-state index contributed by atoms with van der Waals surface area (Å²) in [6, 6.07) is 4.43. The molecule has 1 fully saturated rings. The smallest absolute Gasteiger partial charge is 0.237 e. The van der Waals surface area contributed by atoms with E-state index < -0.39 is 17.0 Å². The van der Waals surface area contributed by atoms with E-state index in [9.17, 15) is 14.0 Å². The summed E-state index contributed by atoms with van der Waals surface area (Å²) in [5.41, 5.74) is 5.37. The Labute approximate surface area is 168 Å². The third-order valence-electron chi connectivity index (χ3n) is 4.11. The quantitative estimate of drug-likeness (QED) is 0.595. The van der Waals surface area contributed by atoms with Gasteiger partial charge in [0.05, 0.1) is 10.9 Å². The monoisotopic (exact) mass is 455 g/mol. The van der Waals surface area contributed by atoms with Gasteiger partial charge in [0.2, 0.25) is 11.8 Å². The van der Waals surface area contributed by atoms with Gasteiger partial charge < -0.3 is 15.6 Å². The third-order valence-corrected chi connectivity index (χ3v) is 5.68. The second kappa shape index (κ2) is 8.39. The number of hydrogen-bond donors (Lipinski definition) is 2. The SMILES string of the molecule is CC(Sc1nnc(C2CC2)n1CCC(N)=O)C(=O)Nc1ccc(Br)cc1F. The molecule has 0 bridgehead atoms. The number of nitrogens with two attached hydrogens (primary N) is 1. The van der Waals surface area contributed by atoms with Gasteiger partial charge in [0.1, 0.15) is 11.6 Å². The molecule has 7 nitrogen and oxygen atoms in total. The Morgan fingerprint density at radius 3 is 2.81 bits per heavy atom. The number of nitrogens with one attached hydrogen (secondary N) is 1. The minimum atomic E-state index is -0.531. The average molecular weight is 456 g/mol. The van der Waals surface area contributed by atoms with Gasteiger partial charge in [0.15, 0.2) is 5.16 Å². The molecule has 144 valence electrons. The molecular weight excluding hydrogens is 437 g/mol. The number of anilines is 1. The largest absolute Gasteiger partial charge is 0.370 e. The van der Waals surface area contributed by atoms with Crippen molar-refractivity contribution in [1.82, 2.24) is 14.8 Å². The van der Waals surface area contributed by atoms with E-state index in [1.54, 1.807) is 13.0 Å². The van der Waals surface area contributed by atoms with Crippen molar-refractivity contribution in [2.24, 2.45) is 5.73 Å². The van der Waals surface area contributed by atoms with Crippen molar-refractivity contribution < 1.29 is 14.0 Å². The van der Waals surface area contributed by atoms with E-state index in [1.165, 1.54) is 23.9 Å². The highest BCUT2D eigenvalue weighted by Crippen LogP contribution is 2.40. The minimum absolute atomic E-state index is 0.115. The van der Waals surface area contributed by atoms with Crippen molar-refractivity contribution in [3.8, 4) is 0 Å². The summed E-state index contributed by atoms with van der Waals surface area (Å²) in [4.78, 5) is 23.6. The highest BCUT2D eigenvalue weighted by molar-refractivity contribution is 9.10. The number of nitrogens with zero attached hydrogens (tertiary/aromatic N) is 3. The third kappa shape index (κ3) is 5.07. The lowest BCUT2D eigenvalue weighted by Crippen LogP contribution is -2.24. The Morgan fingerprint density at radius 2 is 2.19 bits per heavy atom. The van der Waals surface area contributed by atoms with E-state index in [1.807, 2.05) is 4.57 Å². The summed E-state index contributed by atoms with van der Waals surface area (Å²) < 4.78 is 16.4. The molecule has 0 saturated heterocycles. The van der Waals surface area contributed by atoms with Crippen LogP contribution in [-0.2, 0) is 16.1 Å². The highest BCUT2D eigenvalue weighted by Gasteiger charge is 2.31. The van der Waals surface area contributed by atoms with Crippen LogP contribution in [-0.4, -0.2) is 31.8 Å².